The van der Waals surface area contributed by atoms with Crippen molar-refractivity contribution in [2.75, 3.05) is 0 Å². The van der Waals surface area contributed by atoms with Crippen LogP contribution in [-0.4, -0.2) is 33.0 Å². The number of hydrogen-bond donors (Lipinski definition) is 3. The number of amides is 1. The lowest BCUT2D eigenvalue weighted by molar-refractivity contribution is -0.139. The van der Waals surface area contributed by atoms with E-state index in [1.165, 1.54) is 0 Å². The summed E-state index contributed by atoms with van der Waals surface area (Å²) in [6.45, 7) is 3.69. The fraction of sp³-hybridized carbons (Fsp3) is 0.294. The Balaban J connectivity index is 2.22. The van der Waals surface area contributed by atoms with Gasteiger partial charge in [-0.1, -0.05) is 25.4 Å². The maximum Gasteiger partial charge on any atom is 0.326 e. The number of benzene rings is 1. The van der Waals surface area contributed by atoms with Crippen LogP contribution in [0.4, 0.5) is 0 Å². The molecule has 1 atom stereocenters. The van der Waals surface area contributed by atoms with Crippen LogP contribution in [0.5, 0.6) is 0 Å². The zero-order valence-electron chi connectivity index (χ0n) is 13.7. The van der Waals surface area contributed by atoms with Crippen LogP contribution in [0.2, 0.25) is 5.02 Å². The third-order valence-corrected chi connectivity index (χ3v) is 3.72. The van der Waals surface area contributed by atoms with Crippen LogP contribution in [0, 0.1) is 5.92 Å². The molecule has 0 saturated carbocycles. The van der Waals surface area contributed by atoms with E-state index < -0.39 is 23.5 Å². The predicted octanol–water partition coefficient (Wildman–Crippen LogP) is 2.32. The lowest BCUT2D eigenvalue weighted by atomic mass is 10.0. The highest BCUT2D eigenvalue weighted by Gasteiger charge is 2.23. The lowest BCUT2D eigenvalue weighted by Crippen LogP contribution is -2.43. The molecule has 0 fully saturated rings. The van der Waals surface area contributed by atoms with E-state index in [2.05, 4.69) is 15.3 Å². The number of aliphatic carboxylic acids is 1. The SMILES string of the molecule is CC(C)CC(NC(=O)c1cnc(-c2ccc(Cl)cc2)[nH]c1=O)C(=O)O. The van der Waals surface area contributed by atoms with E-state index in [4.69, 9.17) is 11.6 Å². The maximum absolute atomic E-state index is 12.2. The van der Waals surface area contributed by atoms with Gasteiger partial charge in [0.15, 0.2) is 0 Å². The maximum atomic E-state index is 12.2. The minimum absolute atomic E-state index is 0.0742. The third-order valence-electron chi connectivity index (χ3n) is 3.47. The number of nitrogens with one attached hydrogen (secondary N) is 2. The van der Waals surface area contributed by atoms with Crippen molar-refractivity contribution in [1.29, 1.82) is 0 Å². The van der Waals surface area contributed by atoms with Crippen molar-refractivity contribution in [3.05, 3.63) is 51.4 Å². The van der Waals surface area contributed by atoms with Crippen LogP contribution < -0.4 is 10.9 Å². The van der Waals surface area contributed by atoms with Gasteiger partial charge >= 0.3 is 5.97 Å². The molecule has 0 saturated heterocycles. The number of halogens is 1. The summed E-state index contributed by atoms with van der Waals surface area (Å²) in [4.78, 5) is 42.2. The van der Waals surface area contributed by atoms with Gasteiger partial charge in [0.1, 0.15) is 17.4 Å². The second-order valence-electron chi connectivity index (χ2n) is 5.98. The van der Waals surface area contributed by atoms with Crippen LogP contribution in [0.15, 0.2) is 35.3 Å². The lowest BCUT2D eigenvalue weighted by Gasteiger charge is -2.16. The zero-order chi connectivity index (χ0) is 18.6. The Bertz CT molecular complexity index is 831. The standard InChI is InChI=1S/C17H18ClN3O4/c1-9(2)7-13(17(24)25)20-15(22)12-8-19-14(21-16(12)23)10-3-5-11(18)6-4-10/h3-6,8-9,13H,7H2,1-2H3,(H,20,22)(H,24,25)(H,19,21,23). The molecule has 1 aromatic carbocycles. The fourth-order valence-electron chi connectivity index (χ4n) is 2.24. The molecule has 0 aliphatic rings. The van der Waals surface area contributed by atoms with Crippen LogP contribution in [0.1, 0.15) is 30.6 Å². The minimum Gasteiger partial charge on any atom is -0.480 e. The third kappa shape index (κ3) is 4.90. The monoisotopic (exact) mass is 363 g/mol. The second kappa shape index (κ2) is 7.94. The average molecular weight is 364 g/mol. The van der Waals surface area contributed by atoms with E-state index in [0.29, 0.717) is 10.6 Å². The molecule has 0 aliphatic carbocycles. The van der Waals surface area contributed by atoms with E-state index in [0.717, 1.165) is 6.20 Å². The number of carboxylic acids is 1. The first-order chi connectivity index (χ1) is 11.8. The van der Waals surface area contributed by atoms with Gasteiger partial charge in [-0.2, -0.15) is 0 Å². The number of carbonyl (C=O) groups is 2. The number of carbonyl (C=O) groups excluding carboxylic acids is 1. The molecule has 2 aromatic rings. The van der Waals surface area contributed by atoms with E-state index in [1.54, 1.807) is 24.3 Å². The highest BCUT2D eigenvalue weighted by atomic mass is 35.5. The van der Waals surface area contributed by atoms with Gasteiger partial charge in [-0.05, 0) is 36.6 Å². The molecule has 2 rings (SSSR count). The van der Waals surface area contributed by atoms with Gasteiger partial charge in [-0.3, -0.25) is 9.59 Å². The molecular formula is C17H18ClN3O4. The Kier molecular flexibility index (Phi) is 5.93. The summed E-state index contributed by atoms with van der Waals surface area (Å²) in [6, 6.07) is 5.61. The molecule has 132 valence electrons. The summed E-state index contributed by atoms with van der Waals surface area (Å²) in [7, 11) is 0. The predicted molar refractivity (Wildman–Crippen MR) is 93.6 cm³/mol. The summed E-state index contributed by atoms with van der Waals surface area (Å²) < 4.78 is 0. The summed E-state index contributed by atoms with van der Waals surface area (Å²) in [6.07, 6.45) is 1.39. The number of carboxylic acid groups (broad SMARTS) is 1. The van der Waals surface area contributed by atoms with Gasteiger partial charge in [-0.15, -0.1) is 0 Å². The van der Waals surface area contributed by atoms with E-state index >= 15 is 0 Å². The van der Waals surface area contributed by atoms with Crippen molar-refractivity contribution < 1.29 is 14.7 Å². The number of hydrogen-bond acceptors (Lipinski definition) is 4. The molecule has 1 heterocycles. The first-order valence-electron chi connectivity index (χ1n) is 7.67. The van der Waals surface area contributed by atoms with Gasteiger partial charge in [0.25, 0.3) is 11.5 Å². The molecule has 7 nitrogen and oxygen atoms in total. The molecule has 0 radical (unpaired) electrons. The van der Waals surface area contributed by atoms with Crippen LogP contribution >= 0.6 is 11.6 Å². The van der Waals surface area contributed by atoms with Gasteiger partial charge in [-0.25, -0.2) is 9.78 Å². The van der Waals surface area contributed by atoms with E-state index in [1.807, 2.05) is 13.8 Å². The summed E-state index contributed by atoms with van der Waals surface area (Å²) in [5.74, 6) is -1.56. The Morgan fingerprint density at radius 2 is 1.92 bits per heavy atom. The van der Waals surface area contributed by atoms with Gasteiger partial charge in [0.05, 0.1) is 0 Å². The topological polar surface area (TPSA) is 112 Å². The van der Waals surface area contributed by atoms with Crippen molar-refractivity contribution in [2.45, 2.75) is 26.3 Å². The molecule has 25 heavy (non-hydrogen) atoms. The molecule has 8 heteroatoms. The van der Waals surface area contributed by atoms with Gasteiger partial charge in [0.2, 0.25) is 0 Å². The Labute approximate surface area is 149 Å². The first kappa shape index (κ1) is 18.7. The molecule has 1 aromatic heterocycles. The number of aromatic nitrogens is 2. The van der Waals surface area contributed by atoms with Crippen molar-refractivity contribution in [2.24, 2.45) is 5.92 Å². The largest absolute Gasteiger partial charge is 0.480 e. The molecule has 0 spiro atoms. The Hall–Kier alpha value is -2.67. The number of rotatable bonds is 6. The van der Waals surface area contributed by atoms with Crippen LogP contribution in [-0.2, 0) is 4.79 Å². The van der Waals surface area contributed by atoms with Gasteiger partial charge in [0, 0.05) is 16.8 Å². The molecule has 0 aliphatic heterocycles. The average Bonchev–Trinajstić information content (AvgIpc) is 2.54. The normalized spacial score (nSPS) is 12.0. The minimum atomic E-state index is -1.15. The highest BCUT2D eigenvalue weighted by Crippen LogP contribution is 2.16. The smallest absolute Gasteiger partial charge is 0.326 e. The van der Waals surface area contributed by atoms with E-state index in [9.17, 15) is 19.5 Å². The van der Waals surface area contributed by atoms with Crippen molar-refractivity contribution in [1.82, 2.24) is 15.3 Å². The van der Waals surface area contributed by atoms with Crippen LogP contribution in [0.25, 0.3) is 11.4 Å². The fourth-order valence-corrected chi connectivity index (χ4v) is 2.37. The quantitative estimate of drug-likeness (QED) is 0.729. The number of nitrogens with zero attached hydrogens (tertiary/aromatic N) is 1. The van der Waals surface area contributed by atoms with Gasteiger partial charge < -0.3 is 15.4 Å². The first-order valence-corrected chi connectivity index (χ1v) is 8.04. The molecule has 1 amide bonds. The zero-order valence-corrected chi connectivity index (χ0v) is 14.5. The second-order valence-corrected chi connectivity index (χ2v) is 6.41. The van der Waals surface area contributed by atoms with Crippen molar-refractivity contribution >= 4 is 23.5 Å². The Morgan fingerprint density at radius 1 is 1.28 bits per heavy atom. The summed E-state index contributed by atoms with van der Waals surface area (Å²) in [5.41, 5.74) is -0.254. The highest BCUT2D eigenvalue weighted by molar-refractivity contribution is 6.30. The summed E-state index contributed by atoms with van der Waals surface area (Å²) in [5, 5.41) is 12.1. The van der Waals surface area contributed by atoms with E-state index in [-0.39, 0.29) is 23.7 Å². The Morgan fingerprint density at radius 3 is 2.44 bits per heavy atom. The number of aromatic amines is 1. The van der Waals surface area contributed by atoms with Crippen molar-refractivity contribution in [3.63, 3.8) is 0 Å². The number of H-pyrrole nitrogens is 1. The van der Waals surface area contributed by atoms with Crippen molar-refractivity contribution in [3.8, 4) is 11.4 Å². The molecule has 3 N–H and O–H groups in total. The molecule has 1 unspecified atom stereocenters. The summed E-state index contributed by atoms with van der Waals surface area (Å²) >= 11 is 5.81. The molecular weight excluding hydrogens is 346 g/mol. The van der Waals surface area contributed by atoms with Crippen LogP contribution in [0.3, 0.4) is 0 Å². The molecule has 0 bridgehead atoms.